The van der Waals surface area contributed by atoms with Gasteiger partial charge in [0.1, 0.15) is 6.54 Å². The standard InChI is InChI=1S/C20H19NO3/c1-12-4-6-15(7-5-12)17-10-16-14(3)8-13(2)9-18(16)21(20(17)24)11-19(22)23/h4-10H,11H2,1-3H3,(H,22,23). The second-order valence-electron chi connectivity index (χ2n) is 6.22. The van der Waals surface area contributed by atoms with Gasteiger partial charge in [0.15, 0.2) is 0 Å². The zero-order valence-electron chi connectivity index (χ0n) is 14.0. The van der Waals surface area contributed by atoms with E-state index in [0.717, 1.165) is 27.6 Å². The van der Waals surface area contributed by atoms with Crippen molar-refractivity contribution in [1.82, 2.24) is 4.57 Å². The first kappa shape index (κ1) is 16.0. The van der Waals surface area contributed by atoms with Gasteiger partial charge in [0.05, 0.1) is 5.52 Å². The van der Waals surface area contributed by atoms with Gasteiger partial charge in [-0.15, -0.1) is 0 Å². The van der Waals surface area contributed by atoms with Crippen LogP contribution < -0.4 is 5.56 Å². The number of hydrogen-bond donors (Lipinski definition) is 1. The maximum Gasteiger partial charge on any atom is 0.323 e. The van der Waals surface area contributed by atoms with Crippen molar-refractivity contribution >= 4 is 16.9 Å². The number of carboxylic acid groups (broad SMARTS) is 1. The zero-order valence-corrected chi connectivity index (χ0v) is 14.0. The molecule has 0 radical (unpaired) electrons. The Hall–Kier alpha value is -2.88. The summed E-state index contributed by atoms with van der Waals surface area (Å²) in [7, 11) is 0. The molecular weight excluding hydrogens is 302 g/mol. The molecule has 2 aromatic carbocycles. The Labute approximate surface area is 140 Å². The minimum atomic E-state index is -1.03. The lowest BCUT2D eigenvalue weighted by atomic mass is 10.00. The van der Waals surface area contributed by atoms with Gasteiger partial charge in [-0.25, -0.2) is 0 Å². The van der Waals surface area contributed by atoms with E-state index in [4.69, 9.17) is 0 Å². The van der Waals surface area contributed by atoms with Crippen molar-refractivity contribution in [1.29, 1.82) is 0 Å². The van der Waals surface area contributed by atoms with Crippen molar-refractivity contribution in [3.63, 3.8) is 0 Å². The van der Waals surface area contributed by atoms with Crippen molar-refractivity contribution < 1.29 is 9.90 Å². The number of fused-ring (bicyclic) bond motifs is 1. The molecule has 3 aromatic rings. The summed E-state index contributed by atoms with van der Waals surface area (Å²) in [5.74, 6) is -1.03. The summed E-state index contributed by atoms with van der Waals surface area (Å²) in [5, 5.41) is 10.1. The molecule has 1 N–H and O–H groups in total. The molecule has 0 bridgehead atoms. The normalized spacial score (nSPS) is 11.0. The molecule has 0 aliphatic carbocycles. The first-order chi connectivity index (χ1) is 11.4. The highest BCUT2D eigenvalue weighted by Gasteiger charge is 2.14. The minimum absolute atomic E-state index is 0.279. The monoisotopic (exact) mass is 321 g/mol. The fraction of sp³-hybridized carbons (Fsp3) is 0.200. The number of aromatic nitrogens is 1. The van der Waals surface area contributed by atoms with E-state index in [0.29, 0.717) is 11.1 Å². The smallest absolute Gasteiger partial charge is 0.323 e. The lowest BCUT2D eigenvalue weighted by molar-refractivity contribution is -0.137. The van der Waals surface area contributed by atoms with Gasteiger partial charge in [-0.2, -0.15) is 0 Å². The number of aryl methyl sites for hydroxylation is 3. The summed E-state index contributed by atoms with van der Waals surface area (Å²) in [6.07, 6.45) is 0. The number of benzene rings is 2. The molecule has 24 heavy (non-hydrogen) atoms. The van der Waals surface area contributed by atoms with Crippen molar-refractivity contribution in [2.45, 2.75) is 27.3 Å². The molecule has 4 heteroatoms. The molecule has 0 saturated carbocycles. The summed E-state index contributed by atoms with van der Waals surface area (Å²) < 4.78 is 1.35. The van der Waals surface area contributed by atoms with Gasteiger partial charge in [-0.1, -0.05) is 35.9 Å². The van der Waals surface area contributed by atoms with E-state index >= 15 is 0 Å². The molecule has 0 unspecified atom stereocenters. The third-order valence-electron chi connectivity index (χ3n) is 4.22. The molecule has 0 aliphatic heterocycles. The number of pyridine rings is 1. The third kappa shape index (κ3) is 2.83. The van der Waals surface area contributed by atoms with Gasteiger partial charge in [0, 0.05) is 10.9 Å². The van der Waals surface area contributed by atoms with Crippen LogP contribution in [0.5, 0.6) is 0 Å². The van der Waals surface area contributed by atoms with Crippen molar-refractivity contribution in [2.24, 2.45) is 0 Å². The minimum Gasteiger partial charge on any atom is -0.480 e. The summed E-state index contributed by atoms with van der Waals surface area (Å²) >= 11 is 0. The number of carboxylic acids is 1. The highest BCUT2D eigenvalue weighted by Crippen LogP contribution is 2.25. The maximum atomic E-state index is 12.9. The van der Waals surface area contributed by atoms with E-state index < -0.39 is 5.97 Å². The highest BCUT2D eigenvalue weighted by molar-refractivity contribution is 5.88. The molecule has 0 spiro atoms. The molecule has 1 aromatic heterocycles. The fourth-order valence-corrected chi connectivity index (χ4v) is 3.06. The highest BCUT2D eigenvalue weighted by atomic mass is 16.4. The largest absolute Gasteiger partial charge is 0.480 e. The first-order valence-corrected chi connectivity index (χ1v) is 7.80. The van der Waals surface area contributed by atoms with Crippen LogP contribution in [-0.4, -0.2) is 15.6 Å². The molecule has 0 aliphatic rings. The molecule has 0 atom stereocenters. The molecule has 4 nitrogen and oxygen atoms in total. The van der Waals surface area contributed by atoms with Gasteiger partial charge < -0.3 is 5.11 Å². The van der Waals surface area contributed by atoms with Crippen LogP contribution >= 0.6 is 0 Å². The number of hydrogen-bond acceptors (Lipinski definition) is 2. The summed E-state index contributed by atoms with van der Waals surface area (Å²) in [6.45, 7) is 5.55. The Morgan fingerprint density at radius 1 is 1.00 bits per heavy atom. The fourth-order valence-electron chi connectivity index (χ4n) is 3.06. The van der Waals surface area contributed by atoms with Gasteiger partial charge in [0.2, 0.25) is 0 Å². The quantitative estimate of drug-likeness (QED) is 0.800. The van der Waals surface area contributed by atoms with Gasteiger partial charge >= 0.3 is 5.97 Å². The second kappa shape index (κ2) is 5.96. The average molecular weight is 321 g/mol. The van der Waals surface area contributed by atoms with Crippen molar-refractivity contribution in [3.8, 4) is 11.1 Å². The molecule has 0 saturated heterocycles. The lowest BCUT2D eigenvalue weighted by Crippen LogP contribution is -2.26. The van der Waals surface area contributed by atoms with Crippen LogP contribution in [0.3, 0.4) is 0 Å². The molecule has 0 amide bonds. The third-order valence-corrected chi connectivity index (χ3v) is 4.22. The Balaban J connectivity index is 2.39. The number of rotatable bonds is 3. The SMILES string of the molecule is Cc1ccc(-c2cc3c(C)cc(C)cc3n(CC(=O)O)c2=O)cc1. The van der Waals surface area contributed by atoms with Crippen LogP contribution in [0.2, 0.25) is 0 Å². The van der Waals surface area contributed by atoms with Gasteiger partial charge in [-0.05, 0) is 49.6 Å². The lowest BCUT2D eigenvalue weighted by Gasteiger charge is -2.14. The van der Waals surface area contributed by atoms with E-state index in [9.17, 15) is 14.7 Å². The number of carbonyl (C=O) groups is 1. The molecule has 0 fully saturated rings. The van der Waals surface area contributed by atoms with Crippen LogP contribution in [0.25, 0.3) is 22.0 Å². The van der Waals surface area contributed by atoms with E-state index in [2.05, 4.69) is 0 Å². The molecule has 1 heterocycles. The predicted molar refractivity (Wildman–Crippen MR) is 95.5 cm³/mol. The van der Waals surface area contributed by atoms with Crippen molar-refractivity contribution in [2.75, 3.05) is 0 Å². The predicted octanol–water partition coefficient (Wildman–Crippen LogP) is 3.68. The van der Waals surface area contributed by atoms with E-state index in [1.54, 1.807) is 0 Å². The van der Waals surface area contributed by atoms with Crippen molar-refractivity contribution in [3.05, 3.63) is 69.5 Å². The Kier molecular flexibility index (Phi) is 3.97. The van der Waals surface area contributed by atoms with Crippen LogP contribution in [0.1, 0.15) is 16.7 Å². The van der Waals surface area contributed by atoms with Crippen LogP contribution in [-0.2, 0) is 11.3 Å². The Morgan fingerprint density at radius 3 is 2.29 bits per heavy atom. The van der Waals surface area contributed by atoms with Crippen LogP contribution in [0, 0.1) is 20.8 Å². The first-order valence-electron chi connectivity index (χ1n) is 7.80. The number of aliphatic carboxylic acids is 1. The number of nitrogens with zero attached hydrogens (tertiary/aromatic N) is 1. The van der Waals surface area contributed by atoms with Crippen LogP contribution in [0.4, 0.5) is 0 Å². The topological polar surface area (TPSA) is 59.3 Å². The molecule has 122 valence electrons. The van der Waals surface area contributed by atoms with E-state index in [1.807, 2.05) is 63.2 Å². The van der Waals surface area contributed by atoms with E-state index in [1.165, 1.54) is 4.57 Å². The van der Waals surface area contributed by atoms with Crippen LogP contribution in [0.15, 0.2) is 47.3 Å². The summed E-state index contributed by atoms with van der Waals surface area (Å²) in [4.78, 5) is 24.2. The second-order valence-corrected chi connectivity index (χ2v) is 6.22. The average Bonchev–Trinajstić information content (AvgIpc) is 2.51. The van der Waals surface area contributed by atoms with Gasteiger partial charge in [-0.3, -0.25) is 14.2 Å². The summed E-state index contributed by atoms with van der Waals surface area (Å²) in [6, 6.07) is 13.5. The maximum absolute atomic E-state index is 12.9. The van der Waals surface area contributed by atoms with Gasteiger partial charge in [0.25, 0.3) is 5.56 Å². The Bertz CT molecular complexity index is 998. The van der Waals surface area contributed by atoms with E-state index in [-0.39, 0.29) is 12.1 Å². The Morgan fingerprint density at radius 2 is 1.67 bits per heavy atom. The molecule has 3 rings (SSSR count). The zero-order chi connectivity index (χ0) is 17.4. The summed E-state index contributed by atoms with van der Waals surface area (Å²) in [5.41, 5.74) is 4.84. The molecular formula is C20H19NO3.